The first kappa shape index (κ1) is 22.2. The molecular weight excluding hydrogens is 400 g/mol. The van der Waals surface area contributed by atoms with Gasteiger partial charge in [-0.2, -0.15) is 0 Å². The lowest BCUT2D eigenvalue weighted by Crippen LogP contribution is -2.37. The van der Waals surface area contributed by atoms with Crippen molar-refractivity contribution < 1.29 is 17.9 Å². The number of anilines is 1. The summed E-state index contributed by atoms with van der Waals surface area (Å²) in [5.74, 6) is 0.371. The molecule has 0 saturated heterocycles. The molecule has 0 heterocycles. The highest BCUT2D eigenvalue weighted by Crippen LogP contribution is 2.27. The van der Waals surface area contributed by atoms with E-state index in [0.29, 0.717) is 17.0 Å². The molecule has 0 bridgehead atoms. The van der Waals surface area contributed by atoms with Crippen molar-refractivity contribution in [2.75, 3.05) is 18.9 Å². The third-order valence-corrected chi connectivity index (χ3v) is 7.09. The van der Waals surface area contributed by atoms with Crippen LogP contribution in [0.25, 0.3) is 0 Å². The first-order chi connectivity index (χ1) is 14.4. The second kappa shape index (κ2) is 9.98. The highest BCUT2D eigenvalue weighted by molar-refractivity contribution is 7.92. The molecule has 0 aliphatic heterocycles. The molecule has 162 valence electrons. The van der Waals surface area contributed by atoms with E-state index in [0.717, 1.165) is 25.7 Å². The third kappa shape index (κ3) is 5.33. The lowest BCUT2D eigenvalue weighted by molar-refractivity contribution is 0.0706. The Morgan fingerprint density at radius 2 is 1.57 bits per heavy atom. The van der Waals surface area contributed by atoms with Crippen LogP contribution >= 0.6 is 0 Å². The fraction of sp³-hybridized carbons (Fsp3) is 0.435. The molecule has 0 radical (unpaired) electrons. The number of hydrogen-bond donors (Lipinski definition) is 1. The van der Waals surface area contributed by atoms with Crippen molar-refractivity contribution in [2.45, 2.75) is 55.9 Å². The Bertz CT molecular complexity index is 949. The van der Waals surface area contributed by atoms with Crippen molar-refractivity contribution in [3.63, 3.8) is 0 Å². The number of benzene rings is 2. The number of carbonyl (C=O) groups excluding carboxylic acids is 1. The fourth-order valence-electron chi connectivity index (χ4n) is 3.90. The zero-order chi connectivity index (χ0) is 21.6. The zero-order valence-electron chi connectivity index (χ0n) is 17.6. The summed E-state index contributed by atoms with van der Waals surface area (Å²) in [5.41, 5.74) is 0.861. The molecule has 1 aliphatic rings. The second-order valence-corrected chi connectivity index (χ2v) is 9.43. The van der Waals surface area contributed by atoms with Crippen LogP contribution in [0.15, 0.2) is 53.4 Å². The summed E-state index contributed by atoms with van der Waals surface area (Å²) in [5, 5.41) is 0. The SMILES string of the molecule is COc1ccccc1NS(=O)(=O)c1ccc(C(=O)N(C)C2CCCCCCC2)cc1. The van der Waals surface area contributed by atoms with Crippen LogP contribution in [0, 0.1) is 0 Å². The normalized spacial score (nSPS) is 15.7. The van der Waals surface area contributed by atoms with E-state index in [4.69, 9.17) is 4.74 Å². The Labute approximate surface area is 179 Å². The fourth-order valence-corrected chi connectivity index (χ4v) is 4.97. The van der Waals surface area contributed by atoms with Gasteiger partial charge in [-0.05, 0) is 49.2 Å². The van der Waals surface area contributed by atoms with Gasteiger partial charge < -0.3 is 9.64 Å². The van der Waals surface area contributed by atoms with Crippen LogP contribution in [0.5, 0.6) is 5.75 Å². The van der Waals surface area contributed by atoms with E-state index in [1.165, 1.54) is 38.5 Å². The number of methoxy groups -OCH3 is 1. The van der Waals surface area contributed by atoms with Crippen LogP contribution < -0.4 is 9.46 Å². The molecule has 1 N–H and O–H groups in total. The Morgan fingerprint density at radius 1 is 0.967 bits per heavy atom. The predicted octanol–water partition coefficient (Wildman–Crippen LogP) is 4.68. The molecule has 0 spiro atoms. The summed E-state index contributed by atoms with van der Waals surface area (Å²) in [4.78, 5) is 14.8. The summed E-state index contributed by atoms with van der Waals surface area (Å²) in [6.07, 6.45) is 8.08. The number of nitrogens with one attached hydrogen (secondary N) is 1. The molecule has 2 aromatic carbocycles. The minimum Gasteiger partial charge on any atom is -0.495 e. The Balaban J connectivity index is 1.72. The number of nitrogens with zero attached hydrogens (tertiary/aromatic N) is 1. The van der Waals surface area contributed by atoms with Crippen molar-refractivity contribution in [3.8, 4) is 5.75 Å². The maximum atomic E-state index is 12.9. The monoisotopic (exact) mass is 430 g/mol. The van der Waals surface area contributed by atoms with Crippen LogP contribution in [0.2, 0.25) is 0 Å². The topological polar surface area (TPSA) is 75.7 Å². The van der Waals surface area contributed by atoms with Gasteiger partial charge in [0, 0.05) is 18.7 Å². The van der Waals surface area contributed by atoms with Gasteiger partial charge in [0.1, 0.15) is 5.75 Å². The van der Waals surface area contributed by atoms with Gasteiger partial charge in [0.25, 0.3) is 15.9 Å². The molecule has 7 heteroatoms. The lowest BCUT2D eigenvalue weighted by Gasteiger charge is -2.30. The molecule has 30 heavy (non-hydrogen) atoms. The van der Waals surface area contributed by atoms with Gasteiger partial charge in [-0.25, -0.2) is 8.42 Å². The summed E-state index contributed by atoms with van der Waals surface area (Å²) >= 11 is 0. The highest BCUT2D eigenvalue weighted by Gasteiger charge is 2.23. The van der Waals surface area contributed by atoms with Crippen molar-refractivity contribution in [1.29, 1.82) is 0 Å². The number of hydrogen-bond acceptors (Lipinski definition) is 4. The molecule has 3 rings (SSSR count). The van der Waals surface area contributed by atoms with Gasteiger partial charge in [-0.3, -0.25) is 9.52 Å². The van der Waals surface area contributed by atoms with E-state index in [-0.39, 0.29) is 16.8 Å². The number of para-hydroxylation sites is 2. The van der Waals surface area contributed by atoms with Crippen molar-refractivity contribution in [3.05, 3.63) is 54.1 Å². The molecule has 0 atom stereocenters. The van der Waals surface area contributed by atoms with E-state index < -0.39 is 10.0 Å². The number of sulfonamides is 1. The Morgan fingerprint density at radius 3 is 2.20 bits per heavy atom. The summed E-state index contributed by atoms with van der Waals surface area (Å²) in [6, 6.07) is 13.2. The Kier molecular flexibility index (Phi) is 7.37. The average molecular weight is 431 g/mol. The van der Waals surface area contributed by atoms with E-state index in [1.54, 1.807) is 36.4 Å². The number of ether oxygens (including phenoxy) is 1. The van der Waals surface area contributed by atoms with Crippen LogP contribution in [0.4, 0.5) is 5.69 Å². The Hall–Kier alpha value is -2.54. The molecule has 1 aliphatic carbocycles. The first-order valence-corrected chi connectivity index (χ1v) is 11.9. The maximum Gasteiger partial charge on any atom is 0.262 e. The third-order valence-electron chi connectivity index (χ3n) is 5.71. The molecule has 1 fully saturated rings. The highest BCUT2D eigenvalue weighted by atomic mass is 32.2. The second-order valence-electron chi connectivity index (χ2n) is 7.75. The van der Waals surface area contributed by atoms with E-state index in [9.17, 15) is 13.2 Å². The van der Waals surface area contributed by atoms with E-state index in [1.807, 2.05) is 11.9 Å². The standard InChI is InChI=1S/C23H30N2O4S/c1-25(19-10-6-4-3-5-7-11-19)23(26)18-14-16-20(17-15-18)30(27,28)24-21-12-8-9-13-22(21)29-2/h8-9,12-17,19,24H,3-7,10-11H2,1-2H3. The maximum absolute atomic E-state index is 12.9. The summed E-state index contributed by atoms with van der Waals surface area (Å²) in [6.45, 7) is 0. The summed E-state index contributed by atoms with van der Waals surface area (Å²) < 4.78 is 33.2. The van der Waals surface area contributed by atoms with Gasteiger partial charge in [-0.1, -0.05) is 44.2 Å². The number of amides is 1. The minimum atomic E-state index is -3.79. The first-order valence-electron chi connectivity index (χ1n) is 10.5. The molecule has 6 nitrogen and oxygen atoms in total. The smallest absolute Gasteiger partial charge is 0.262 e. The molecule has 2 aromatic rings. The minimum absolute atomic E-state index is 0.0674. The zero-order valence-corrected chi connectivity index (χ0v) is 18.5. The molecular formula is C23H30N2O4S. The molecule has 0 aromatic heterocycles. The summed E-state index contributed by atoms with van der Waals surface area (Å²) in [7, 11) is -0.457. The van der Waals surface area contributed by atoms with Crippen molar-refractivity contribution >= 4 is 21.6 Å². The van der Waals surface area contributed by atoms with E-state index in [2.05, 4.69) is 4.72 Å². The molecule has 1 saturated carbocycles. The number of carbonyl (C=O) groups is 1. The van der Waals surface area contributed by atoms with Gasteiger partial charge in [0.05, 0.1) is 17.7 Å². The number of rotatable bonds is 6. The quantitative estimate of drug-likeness (QED) is 0.722. The molecule has 0 unspecified atom stereocenters. The van der Waals surface area contributed by atoms with E-state index >= 15 is 0 Å². The van der Waals surface area contributed by atoms with Crippen molar-refractivity contribution in [2.24, 2.45) is 0 Å². The van der Waals surface area contributed by atoms with Crippen molar-refractivity contribution in [1.82, 2.24) is 4.90 Å². The predicted molar refractivity (Wildman–Crippen MR) is 118 cm³/mol. The lowest BCUT2D eigenvalue weighted by atomic mass is 9.95. The van der Waals surface area contributed by atoms with Crippen LogP contribution in [-0.4, -0.2) is 39.4 Å². The van der Waals surface area contributed by atoms with Gasteiger partial charge in [0.15, 0.2) is 0 Å². The van der Waals surface area contributed by atoms with Gasteiger partial charge >= 0.3 is 0 Å². The van der Waals surface area contributed by atoms with Crippen LogP contribution in [0.3, 0.4) is 0 Å². The van der Waals surface area contributed by atoms with Crippen LogP contribution in [-0.2, 0) is 10.0 Å². The molecule has 1 amide bonds. The van der Waals surface area contributed by atoms with Gasteiger partial charge in [-0.15, -0.1) is 0 Å². The van der Waals surface area contributed by atoms with Gasteiger partial charge in [0.2, 0.25) is 0 Å². The van der Waals surface area contributed by atoms with Crippen LogP contribution in [0.1, 0.15) is 55.3 Å². The largest absolute Gasteiger partial charge is 0.495 e. The average Bonchev–Trinajstić information content (AvgIpc) is 2.73.